The Morgan fingerprint density at radius 1 is 1.13 bits per heavy atom. The first kappa shape index (κ1) is 17.5. The van der Waals surface area contributed by atoms with E-state index in [0.29, 0.717) is 12.2 Å². The van der Waals surface area contributed by atoms with Gasteiger partial charge in [0, 0.05) is 6.61 Å². The van der Waals surface area contributed by atoms with E-state index < -0.39 is 5.60 Å². The minimum Gasteiger partial charge on any atom is -0.448 e. The van der Waals surface area contributed by atoms with E-state index in [1.807, 2.05) is 49.4 Å². The molecule has 23 heavy (non-hydrogen) atoms. The Bertz CT molecular complexity index is 547. The van der Waals surface area contributed by atoms with E-state index in [9.17, 15) is 4.79 Å². The van der Waals surface area contributed by atoms with Crippen LogP contribution in [0.5, 0.6) is 0 Å². The molecule has 0 bridgehead atoms. The third-order valence-electron chi connectivity index (χ3n) is 4.01. The highest BCUT2D eigenvalue weighted by atomic mass is 16.6. The van der Waals surface area contributed by atoms with Crippen LogP contribution < -0.4 is 0 Å². The largest absolute Gasteiger partial charge is 0.448 e. The third-order valence-corrected chi connectivity index (χ3v) is 4.01. The van der Waals surface area contributed by atoms with Crippen LogP contribution in [0.1, 0.15) is 49.9 Å². The van der Waals surface area contributed by atoms with Crippen molar-refractivity contribution in [2.24, 2.45) is 0 Å². The second-order valence-electron chi connectivity index (χ2n) is 6.04. The Morgan fingerprint density at radius 3 is 2.65 bits per heavy atom. The maximum atomic E-state index is 12.3. The monoisotopic (exact) mass is 314 g/mol. The molecule has 0 N–H and O–H groups in total. The van der Waals surface area contributed by atoms with E-state index in [2.05, 4.69) is 6.92 Å². The molecular weight excluding hydrogens is 288 g/mol. The lowest BCUT2D eigenvalue weighted by Crippen LogP contribution is -2.43. The van der Waals surface area contributed by atoms with Crippen LogP contribution in [0.15, 0.2) is 54.6 Å². The highest BCUT2D eigenvalue weighted by Crippen LogP contribution is 2.27. The third kappa shape index (κ3) is 5.07. The maximum absolute atomic E-state index is 12.3. The average Bonchev–Trinajstić information content (AvgIpc) is 2.57. The van der Waals surface area contributed by atoms with E-state index in [0.717, 1.165) is 6.42 Å². The number of unbranched alkanes of at least 4 members (excludes halogenated alkanes) is 3. The van der Waals surface area contributed by atoms with Gasteiger partial charge >= 0.3 is 5.97 Å². The average molecular weight is 314 g/mol. The fourth-order valence-corrected chi connectivity index (χ4v) is 2.58. The van der Waals surface area contributed by atoms with Gasteiger partial charge in [-0.25, -0.2) is 4.79 Å². The summed E-state index contributed by atoms with van der Waals surface area (Å²) in [6, 6.07) is 9.06. The van der Waals surface area contributed by atoms with Gasteiger partial charge < -0.3 is 9.47 Å². The molecule has 0 spiro atoms. The van der Waals surface area contributed by atoms with Gasteiger partial charge in [0.15, 0.2) is 5.60 Å². The van der Waals surface area contributed by atoms with Crippen LogP contribution in [0, 0.1) is 0 Å². The molecule has 2 atom stereocenters. The van der Waals surface area contributed by atoms with Gasteiger partial charge in [-0.1, -0.05) is 62.6 Å². The predicted molar refractivity (Wildman–Crippen MR) is 92.4 cm³/mol. The van der Waals surface area contributed by atoms with E-state index in [4.69, 9.17) is 9.47 Å². The second-order valence-corrected chi connectivity index (χ2v) is 6.04. The SMILES string of the molecule is CCCCCCOC1C=CC=CC1(C)OC(=O)c1ccccc1. The highest BCUT2D eigenvalue weighted by molar-refractivity contribution is 5.89. The van der Waals surface area contributed by atoms with Gasteiger partial charge in [-0.05, 0) is 31.6 Å². The van der Waals surface area contributed by atoms with Crippen molar-refractivity contribution in [1.29, 1.82) is 0 Å². The van der Waals surface area contributed by atoms with Crippen molar-refractivity contribution in [2.75, 3.05) is 6.61 Å². The zero-order valence-electron chi connectivity index (χ0n) is 14.0. The van der Waals surface area contributed by atoms with Crippen molar-refractivity contribution < 1.29 is 14.3 Å². The number of hydrogen-bond donors (Lipinski definition) is 0. The molecule has 2 rings (SSSR count). The molecule has 2 unspecified atom stereocenters. The summed E-state index contributed by atoms with van der Waals surface area (Å²) in [5, 5.41) is 0. The molecule has 0 aliphatic heterocycles. The lowest BCUT2D eigenvalue weighted by molar-refractivity contribution is -0.0650. The summed E-state index contributed by atoms with van der Waals surface area (Å²) in [6.07, 6.45) is 12.1. The summed E-state index contributed by atoms with van der Waals surface area (Å²) in [7, 11) is 0. The van der Waals surface area contributed by atoms with Crippen molar-refractivity contribution in [3.05, 3.63) is 60.2 Å². The normalized spacial score (nSPS) is 23.0. The molecule has 0 amide bonds. The standard InChI is InChI=1S/C20H26O3/c1-3-4-5-11-16-22-18-14-9-10-15-20(18,2)23-19(21)17-12-7-6-8-13-17/h6-10,12-15,18H,3-5,11,16H2,1-2H3. The summed E-state index contributed by atoms with van der Waals surface area (Å²) < 4.78 is 11.7. The van der Waals surface area contributed by atoms with Crippen LogP contribution in [-0.2, 0) is 9.47 Å². The van der Waals surface area contributed by atoms with Crippen LogP contribution >= 0.6 is 0 Å². The van der Waals surface area contributed by atoms with Crippen LogP contribution in [0.2, 0.25) is 0 Å². The minimum absolute atomic E-state index is 0.248. The van der Waals surface area contributed by atoms with E-state index in [1.54, 1.807) is 12.1 Å². The highest BCUT2D eigenvalue weighted by Gasteiger charge is 2.36. The Kier molecular flexibility index (Phi) is 6.60. The molecule has 1 aliphatic rings. The van der Waals surface area contributed by atoms with Crippen molar-refractivity contribution >= 4 is 5.97 Å². The topological polar surface area (TPSA) is 35.5 Å². The summed E-state index contributed by atoms with van der Waals surface area (Å²) >= 11 is 0. The van der Waals surface area contributed by atoms with Gasteiger partial charge in [0.1, 0.15) is 6.10 Å². The number of rotatable bonds is 8. The number of ether oxygens (including phenoxy) is 2. The van der Waals surface area contributed by atoms with E-state index in [-0.39, 0.29) is 12.1 Å². The fourth-order valence-electron chi connectivity index (χ4n) is 2.58. The number of esters is 1. The van der Waals surface area contributed by atoms with Gasteiger partial charge in [0.2, 0.25) is 0 Å². The molecule has 0 fully saturated rings. The Labute approximate surface area is 139 Å². The van der Waals surface area contributed by atoms with Gasteiger partial charge in [0.05, 0.1) is 5.56 Å². The Hall–Kier alpha value is -1.87. The maximum Gasteiger partial charge on any atom is 0.339 e. The Morgan fingerprint density at radius 2 is 1.91 bits per heavy atom. The number of carbonyl (C=O) groups excluding carboxylic acids is 1. The molecule has 0 heterocycles. The Balaban J connectivity index is 1.94. The van der Waals surface area contributed by atoms with Gasteiger partial charge in [0.25, 0.3) is 0 Å². The van der Waals surface area contributed by atoms with Crippen molar-refractivity contribution in [2.45, 2.75) is 51.2 Å². The first-order valence-electron chi connectivity index (χ1n) is 8.42. The van der Waals surface area contributed by atoms with Crippen LogP contribution in [0.25, 0.3) is 0 Å². The van der Waals surface area contributed by atoms with E-state index in [1.165, 1.54) is 19.3 Å². The van der Waals surface area contributed by atoms with Crippen molar-refractivity contribution in [3.63, 3.8) is 0 Å². The van der Waals surface area contributed by atoms with Crippen molar-refractivity contribution in [1.82, 2.24) is 0 Å². The molecule has 1 aromatic rings. The molecule has 0 saturated heterocycles. The second kappa shape index (κ2) is 8.68. The van der Waals surface area contributed by atoms with Gasteiger partial charge in [-0.2, -0.15) is 0 Å². The smallest absolute Gasteiger partial charge is 0.339 e. The summed E-state index contributed by atoms with van der Waals surface area (Å²) in [4.78, 5) is 12.3. The first-order valence-corrected chi connectivity index (χ1v) is 8.42. The molecule has 124 valence electrons. The first-order chi connectivity index (χ1) is 11.2. The van der Waals surface area contributed by atoms with E-state index >= 15 is 0 Å². The number of carbonyl (C=O) groups is 1. The molecule has 0 aromatic heterocycles. The fraction of sp³-hybridized carbons (Fsp3) is 0.450. The van der Waals surface area contributed by atoms with Crippen molar-refractivity contribution in [3.8, 4) is 0 Å². The molecule has 1 aliphatic carbocycles. The zero-order chi connectivity index (χ0) is 16.5. The van der Waals surface area contributed by atoms with Crippen LogP contribution in [0.3, 0.4) is 0 Å². The molecule has 3 nitrogen and oxygen atoms in total. The molecule has 3 heteroatoms. The molecule has 1 aromatic carbocycles. The zero-order valence-corrected chi connectivity index (χ0v) is 14.0. The lowest BCUT2D eigenvalue weighted by atomic mass is 9.93. The molecular formula is C20H26O3. The summed E-state index contributed by atoms with van der Waals surface area (Å²) in [5.74, 6) is -0.326. The van der Waals surface area contributed by atoms with Gasteiger partial charge in [-0.3, -0.25) is 0 Å². The van der Waals surface area contributed by atoms with Crippen LogP contribution in [-0.4, -0.2) is 24.3 Å². The predicted octanol–water partition coefficient (Wildman–Crippen LogP) is 4.69. The van der Waals surface area contributed by atoms with Gasteiger partial charge in [-0.15, -0.1) is 0 Å². The number of benzene rings is 1. The number of hydrogen-bond acceptors (Lipinski definition) is 3. The van der Waals surface area contributed by atoms with Crippen LogP contribution in [0.4, 0.5) is 0 Å². The summed E-state index contributed by atoms with van der Waals surface area (Å²) in [6.45, 7) is 4.77. The number of allylic oxidation sites excluding steroid dienone is 2. The molecule has 0 saturated carbocycles. The quantitative estimate of drug-likeness (QED) is 0.515. The minimum atomic E-state index is -0.771. The summed E-state index contributed by atoms with van der Waals surface area (Å²) in [5.41, 5.74) is -0.217. The lowest BCUT2D eigenvalue weighted by Gasteiger charge is -2.34. The molecule has 0 radical (unpaired) electrons.